The molecule has 0 atom stereocenters. The molecule has 0 radical (unpaired) electrons. The Morgan fingerprint density at radius 3 is 2.44 bits per heavy atom. The minimum absolute atomic E-state index is 0.0840. The number of benzene rings is 1. The van der Waals surface area contributed by atoms with E-state index in [1.54, 1.807) is 12.2 Å². The van der Waals surface area contributed by atoms with Crippen LogP contribution in [0.15, 0.2) is 24.3 Å². The summed E-state index contributed by atoms with van der Waals surface area (Å²) in [7, 11) is 0. The Hall–Kier alpha value is -2.10. The summed E-state index contributed by atoms with van der Waals surface area (Å²) in [6.07, 6.45) is 4.17. The first-order valence-electron chi connectivity index (χ1n) is 4.83. The number of hydrogen-bond donors (Lipinski definition) is 2. The highest BCUT2D eigenvalue weighted by Gasteiger charge is 2.11. The van der Waals surface area contributed by atoms with Crippen molar-refractivity contribution in [1.29, 1.82) is 0 Å². The Labute approximate surface area is 92.8 Å². The third kappa shape index (κ3) is 2.70. The van der Waals surface area contributed by atoms with E-state index in [9.17, 15) is 9.59 Å². The van der Waals surface area contributed by atoms with Gasteiger partial charge in [-0.25, -0.2) is 9.59 Å². The van der Waals surface area contributed by atoms with E-state index in [-0.39, 0.29) is 11.1 Å². The minimum Gasteiger partial charge on any atom is -0.478 e. The van der Waals surface area contributed by atoms with Gasteiger partial charge in [0.25, 0.3) is 0 Å². The van der Waals surface area contributed by atoms with Crippen LogP contribution in [0.25, 0.3) is 6.08 Å². The summed E-state index contributed by atoms with van der Waals surface area (Å²) >= 11 is 0. The van der Waals surface area contributed by atoms with Gasteiger partial charge in [0.2, 0.25) is 0 Å². The number of hydrogen-bond acceptors (Lipinski definition) is 2. The zero-order valence-electron chi connectivity index (χ0n) is 8.80. The maximum absolute atomic E-state index is 10.9. The molecule has 0 fully saturated rings. The van der Waals surface area contributed by atoms with Gasteiger partial charge in [0.05, 0.1) is 11.1 Å². The standard InChI is InChI=1S/C12H12O4/c1-2-3-4-8-7-9(11(13)14)5-6-10(8)12(15)16/h3-7H,2H2,1H3,(H,13,14)(H,15,16). The van der Waals surface area contributed by atoms with Crippen LogP contribution in [0, 0.1) is 0 Å². The van der Waals surface area contributed by atoms with E-state index in [2.05, 4.69) is 0 Å². The quantitative estimate of drug-likeness (QED) is 0.817. The third-order valence-electron chi connectivity index (χ3n) is 2.06. The molecule has 1 aromatic rings. The number of carboxylic acid groups (broad SMARTS) is 2. The lowest BCUT2D eigenvalue weighted by Gasteiger charge is -2.02. The Morgan fingerprint density at radius 2 is 1.94 bits per heavy atom. The summed E-state index contributed by atoms with van der Waals surface area (Å²) in [6, 6.07) is 3.95. The van der Waals surface area contributed by atoms with Crippen molar-refractivity contribution >= 4 is 18.0 Å². The van der Waals surface area contributed by atoms with Gasteiger partial charge in [-0.3, -0.25) is 0 Å². The van der Waals surface area contributed by atoms with Crippen LogP contribution in [0.2, 0.25) is 0 Å². The Balaban J connectivity index is 3.26. The van der Waals surface area contributed by atoms with Crippen LogP contribution >= 0.6 is 0 Å². The largest absolute Gasteiger partial charge is 0.478 e. The molecule has 0 amide bonds. The number of allylic oxidation sites excluding steroid dienone is 1. The van der Waals surface area contributed by atoms with E-state index in [1.807, 2.05) is 6.92 Å². The van der Waals surface area contributed by atoms with E-state index in [0.717, 1.165) is 6.42 Å². The fourth-order valence-corrected chi connectivity index (χ4v) is 1.27. The van der Waals surface area contributed by atoms with Crippen molar-refractivity contribution in [2.75, 3.05) is 0 Å². The molecule has 0 heterocycles. The van der Waals surface area contributed by atoms with Gasteiger partial charge in [-0.15, -0.1) is 0 Å². The number of carbonyl (C=O) groups is 2. The Kier molecular flexibility index (Phi) is 3.83. The van der Waals surface area contributed by atoms with Gasteiger partial charge < -0.3 is 10.2 Å². The van der Waals surface area contributed by atoms with Crippen LogP contribution in [-0.4, -0.2) is 22.2 Å². The maximum atomic E-state index is 10.9. The molecule has 0 aromatic heterocycles. The van der Waals surface area contributed by atoms with Gasteiger partial charge in [0.15, 0.2) is 0 Å². The molecule has 0 saturated carbocycles. The molecule has 0 aliphatic rings. The number of aromatic carboxylic acids is 2. The summed E-state index contributed by atoms with van der Waals surface area (Å²) in [5.74, 6) is -2.13. The highest BCUT2D eigenvalue weighted by Crippen LogP contribution is 2.14. The van der Waals surface area contributed by atoms with Crippen molar-refractivity contribution in [1.82, 2.24) is 0 Å². The van der Waals surface area contributed by atoms with E-state index in [0.29, 0.717) is 5.56 Å². The van der Waals surface area contributed by atoms with Crippen LogP contribution in [0.4, 0.5) is 0 Å². The summed E-state index contributed by atoms with van der Waals surface area (Å²) in [6.45, 7) is 1.91. The summed E-state index contributed by atoms with van der Waals surface area (Å²) in [5, 5.41) is 17.7. The number of rotatable bonds is 4. The highest BCUT2D eigenvalue weighted by molar-refractivity contribution is 5.95. The van der Waals surface area contributed by atoms with E-state index < -0.39 is 11.9 Å². The predicted molar refractivity (Wildman–Crippen MR) is 59.7 cm³/mol. The smallest absolute Gasteiger partial charge is 0.336 e. The second kappa shape index (κ2) is 5.11. The van der Waals surface area contributed by atoms with Crippen LogP contribution in [-0.2, 0) is 0 Å². The van der Waals surface area contributed by atoms with Gasteiger partial charge in [0.1, 0.15) is 0 Å². The summed E-state index contributed by atoms with van der Waals surface area (Å²) in [4.78, 5) is 21.6. The Morgan fingerprint density at radius 1 is 1.25 bits per heavy atom. The Bertz CT molecular complexity index is 446. The zero-order valence-corrected chi connectivity index (χ0v) is 8.80. The molecule has 1 aromatic carbocycles. The minimum atomic E-state index is -1.07. The predicted octanol–water partition coefficient (Wildman–Crippen LogP) is 2.51. The van der Waals surface area contributed by atoms with Crippen LogP contribution in [0.1, 0.15) is 39.6 Å². The molecule has 0 aliphatic carbocycles. The molecule has 4 nitrogen and oxygen atoms in total. The molecule has 4 heteroatoms. The molecule has 2 N–H and O–H groups in total. The lowest BCUT2D eigenvalue weighted by Crippen LogP contribution is -2.03. The number of carboxylic acids is 2. The molecular formula is C12H12O4. The molecular weight excluding hydrogens is 208 g/mol. The first kappa shape index (κ1) is 12.0. The van der Waals surface area contributed by atoms with Crippen molar-refractivity contribution < 1.29 is 19.8 Å². The second-order valence-corrected chi connectivity index (χ2v) is 3.22. The fourth-order valence-electron chi connectivity index (χ4n) is 1.27. The molecule has 0 bridgehead atoms. The lowest BCUT2D eigenvalue weighted by atomic mass is 10.0. The van der Waals surface area contributed by atoms with Crippen LogP contribution in [0.5, 0.6) is 0 Å². The average molecular weight is 220 g/mol. The topological polar surface area (TPSA) is 74.6 Å². The third-order valence-corrected chi connectivity index (χ3v) is 2.06. The van der Waals surface area contributed by atoms with E-state index >= 15 is 0 Å². The van der Waals surface area contributed by atoms with Crippen molar-refractivity contribution in [3.05, 3.63) is 41.0 Å². The van der Waals surface area contributed by atoms with Crippen molar-refractivity contribution in [2.24, 2.45) is 0 Å². The normalized spacial score (nSPS) is 10.6. The molecule has 0 spiro atoms. The van der Waals surface area contributed by atoms with Crippen molar-refractivity contribution in [3.8, 4) is 0 Å². The summed E-state index contributed by atoms with van der Waals surface area (Å²) < 4.78 is 0. The molecule has 0 aliphatic heterocycles. The van der Waals surface area contributed by atoms with Gasteiger partial charge in [-0.2, -0.15) is 0 Å². The van der Waals surface area contributed by atoms with Crippen molar-refractivity contribution in [2.45, 2.75) is 13.3 Å². The van der Waals surface area contributed by atoms with Gasteiger partial charge in [-0.05, 0) is 30.2 Å². The SMILES string of the molecule is CCC=Cc1cc(C(=O)O)ccc1C(=O)O. The first-order valence-corrected chi connectivity index (χ1v) is 4.83. The molecule has 84 valence electrons. The highest BCUT2D eigenvalue weighted by atomic mass is 16.4. The average Bonchev–Trinajstić information content (AvgIpc) is 2.25. The molecule has 0 saturated heterocycles. The van der Waals surface area contributed by atoms with Crippen LogP contribution < -0.4 is 0 Å². The van der Waals surface area contributed by atoms with Gasteiger partial charge in [0, 0.05) is 0 Å². The summed E-state index contributed by atoms with van der Waals surface area (Å²) in [5.41, 5.74) is 0.602. The van der Waals surface area contributed by atoms with Crippen molar-refractivity contribution in [3.63, 3.8) is 0 Å². The van der Waals surface area contributed by atoms with Gasteiger partial charge >= 0.3 is 11.9 Å². The van der Waals surface area contributed by atoms with E-state index in [4.69, 9.17) is 10.2 Å². The fraction of sp³-hybridized carbons (Fsp3) is 0.167. The van der Waals surface area contributed by atoms with E-state index in [1.165, 1.54) is 18.2 Å². The first-order chi connectivity index (χ1) is 7.56. The zero-order chi connectivity index (χ0) is 12.1. The monoisotopic (exact) mass is 220 g/mol. The molecule has 1 rings (SSSR count). The van der Waals surface area contributed by atoms with Crippen LogP contribution in [0.3, 0.4) is 0 Å². The molecule has 0 unspecified atom stereocenters. The second-order valence-electron chi connectivity index (χ2n) is 3.22. The van der Waals surface area contributed by atoms with Gasteiger partial charge in [-0.1, -0.05) is 19.1 Å². The lowest BCUT2D eigenvalue weighted by molar-refractivity contribution is 0.0681. The maximum Gasteiger partial charge on any atom is 0.336 e. The molecule has 16 heavy (non-hydrogen) atoms.